The van der Waals surface area contributed by atoms with Gasteiger partial charge in [-0.15, -0.1) is 0 Å². The third-order valence-electron chi connectivity index (χ3n) is 2.13. The lowest BCUT2D eigenvalue weighted by Crippen LogP contribution is -1.87. The highest BCUT2D eigenvalue weighted by molar-refractivity contribution is 5.62. The molecule has 1 heterocycles. The molecule has 0 saturated carbocycles. The fourth-order valence-corrected chi connectivity index (χ4v) is 1.37. The summed E-state index contributed by atoms with van der Waals surface area (Å²) in [4.78, 5) is 8.35. The van der Waals surface area contributed by atoms with Crippen LogP contribution in [0, 0.1) is 13.8 Å². The maximum absolute atomic E-state index is 4.17. The summed E-state index contributed by atoms with van der Waals surface area (Å²) in [5.74, 6) is 0.807. The maximum atomic E-state index is 4.17. The summed E-state index contributed by atoms with van der Waals surface area (Å²) in [6, 6.07) is 8.33. The van der Waals surface area contributed by atoms with Crippen molar-refractivity contribution in [2.45, 2.75) is 27.7 Å². The van der Waals surface area contributed by atoms with Crippen LogP contribution in [0.4, 0.5) is 0 Å². The Balaban J connectivity index is 0.000000606. The van der Waals surface area contributed by atoms with Gasteiger partial charge in [0.05, 0.1) is 0 Å². The topological polar surface area (TPSA) is 25.8 Å². The van der Waals surface area contributed by atoms with Crippen LogP contribution in [0.15, 0.2) is 36.7 Å². The molecule has 0 atom stereocenters. The lowest BCUT2D eigenvalue weighted by molar-refractivity contribution is 1.06. The summed E-state index contributed by atoms with van der Waals surface area (Å²) < 4.78 is 0. The first-order chi connectivity index (χ1) is 7.75. The zero-order valence-corrected chi connectivity index (χ0v) is 10.4. The summed E-state index contributed by atoms with van der Waals surface area (Å²) in [6.07, 6.45) is 3.72. The van der Waals surface area contributed by atoms with E-state index < -0.39 is 0 Å². The number of aromatic nitrogens is 2. The van der Waals surface area contributed by atoms with Crippen LogP contribution in [0.2, 0.25) is 0 Å². The van der Waals surface area contributed by atoms with Gasteiger partial charge in [-0.2, -0.15) is 0 Å². The van der Waals surface area contributed by atoms with Gasteiger partial charge in [-0.05, 0) is 19.4 Å². The lowest BCUT2D eigenvalue weighted by atomic mass is 10.1. The van der Waals surface area contributed by atoms with E-state index in [1.165, 1.54) is 11.1 Å². The summed E-state index contributed by atoms with van der Waals surface area (Å²) in [5, 5.41) is 0. The van der Waals surface area contributed by atoms with Gasteiger partial charge >= 0.3 is 0 Å². The summed E-state index contributed by atoms with van der Waals surface area (Å²) in [6.45, 7) is 7.97. The Morgan fingerprint density at radius 1 is 0.875 bits per heavy atom. The van der Waals surface area contributed by atoms with Crippen LogP contribution in [-0.2, 0) is 0 Å². The molecule has 0 unspecified atom stereocenters. The minimum atomic E-state index is 0.807. The molecule has 16 heavy (non-hydrogen) atoms. The highest BCUT2D eigenvalue weighted by atomic mass is 14.8. The van der Waals surface area contributed by atoms with Gasteiger partial charge in [0, 0.05) is 18.0 Å². The van der Waals surface area contributed by atoms with Crippen molar-refractivity contribution in [3.05, 3.63) is 48.0 Å². The molecule has 0 amide bonds. The van der Waals surface area contributed by atoms with Crippen molar-refractivity contribution in [2.75, 3.05) is 0 Å². The molecule has 0 aliphatic rings. The Kier molecular flexibility index (Phi) is 4.65. The molecule has 2 heteroatoms. The van der Waals surface area contributed by atoms with Gasteiger partial charge in [-0.3, -0.25) is 0 Å². The molecule has 84 valence electrons. The summed E-state index contributed by atoms with van der Waals surface area (Å²) in [5.41, 5.74) is 3.49. The second kappa shape index (κ2) is 6.01. The number of nitrogens with zero attached hydrogens (tertiary/aromatic N) is 2. The first-order valence-electron chi connectivity index (χ1n) is 5.61. The molecule has 2 rings (SSSR count). The normalized spacial score (nSPS) is 9.25. The Labute approximate surface area is 97.4 Å². The van der Waals surface area contributed by atoms with Gasteiger partial charge in [0.25, 0.3) is 0 Å². The quantitative estimate of drug-likeness (QED) is 0.721. The van der Waals surface area contributed by atoms with Crippen LogP contribution in [-0.4, -0.2) is 9.97 Å². The van der Waals surface area contributed by atoms with Gasteiger partial charge in [-0.1, -0.05) is 43.7 Å². The molecule has 0 radical (unpaired) electrons. The van der Waals surface area contributed by atoms with Crippen molar-refractivity contribution in [3.8, 4) is 11.1 Å². The van der Waals surface area contributed by atoms with Crippen LogP contribution in [0.1, 0.15) is 25.2 Å². The number of rotatable bonds is 1. The van der Waals surface area contributed by atoms with E-state index in [0.29, 0.717) is 0 Å². The standard InChI is InChI=1S/C12H12N2.C2H6/c1-9-4-3-5-11(6-9)12-7-13-10(2)14-8-12;1-2/h3-8H,1-2H3;1-2H3. The number of hydrogen-bond acceptors (Lipinski definition) is 2. The van der Waals surface area contributed by atoms with Gasteiger partial charge < -0.3 is 0 Å². The predicted octanol–water partition coefficient (Wildman–Crippen LogP) is 3.79. The molecule has 0 aliphatic carbocycles. The summed E-state index contributed by atoms with van der Waals surface area (Å²) >= 11 is 0. The van der Waals surface area contributed by atoms with Crippen LogP contribution < -0.4 is 0 Å². The molecule has 0 fully saturated rings. The Hall–Kier alpha value is -1.70. The van der Waals surface area contributed by atoms with Crippen molar-refractivity contribution >= 4 is 0 Å². The Morgan fingerprint density at radius 2 is 1.50 bits per heavy atom. The third-order valence-corrected chi connectivity index (χ3v) is 2.13. The molecule has 0 bridgehead atoms. The van der Waals surface area contributed by atoms with E-state index in [1.807, 2.05) is 39.2 Å². The van der Waals surface area contributed by atoms with Crippen LogP contribution in [0.25, 0.3) is 11.1 Å². The third kappa shape index (κ3) is 3.16. The average Bonchev–Trinajstić information content (AvgIpc) is 2.32. The zero-order valence-electron chi connectivity index (χ0n) is 10.4. The van der Waals surface area contributed by atoms with E-state index >= 15 is 0 Å². The molecule has 1 aromatic carbocycles. The molecule has 2 aromatic rings. The zero-order chi connectivity index (χ0) is 12.0. The highest BCUT2D eigenvalue weighted by Gasteiger charge is 1.97. The van der Waals surface area contributed by atoms with E-state index in [9.17, 15) is 0 Å². The lowest BCUT2D eigenvalue weighted by Gasteiger charge is -2.01. The molecule has 1 aromatic heterocycles. The molecule has 0 aliphatic heterocycles. The molecular formula is C14H18N2. The van der Waals surface area contributed by atoms with Crippen LogP contribution in [0.5, 0.6) is 0 Å². The highest BCUT2D eigenvalue weighted by Crippen LogP contribution is 2.18. The van der Waals surface area contributed by atoms with Crippen LogP contribution >= 0.6 is 0 Å². The van der Waals surface area contributed by atoms with Crippen molar-refractivity contribution in [2.24, 2.45) is 0 Å². The van der Waals surface area contributed by atoms with Crippen molar-refractivity contribution < 1.29 is 0 Å². The Bertz CT molecular complexity index is 433. The van der Waals surface area contributed by atoms with Gasteiger partial charge in [-0.25, -0.2) is 9.97 Å². The molecule has 0 spiro atoms. The van der Waals surface area contributed by atoms with Gasteiger partial charge in [0.1, 0.15) is 5.82 Å². The summed E-state index contributed by atoms with van der Waals surface area (Å²) in [7, 11) is 0. The minimum Gasteiger partial charge on any atom is -0.241 e. The molecule has 2 nitrogen and oxygen atoms in total. The monoisotopic (exact) mass is 214 g/mol. The maximum Gasteiger partial charge on any atom is 0.125 e. The van der Waals surface area contributed by atoms with E-state index in [2.05, 4.69) is 35.1 Å². The predicted molar refractivity (Wildman–Crippen MR) is 68.3 cm³/mol. The largest absolute Gasteiger partial charge is 0.241 e. The average molecular weight is 214 g/mol. The first kappa shape index (κ1) is 12.4. The second-order valence-corrected chi connectivity index (χ2v) is 3.39. The van der Waals surface area contributed by atoms with E-state index in [4.69, 9.17) is 0 Å². The van der Waals surface area contributed by atoms with E-state index in [-0.39, 0.29) is 0 Å². The van der Waals surface area contributed by atoms with Gasteiger partial charge in [0.15, 0.2) is 0 Å². The van der Waals surface area contributed by atoms with Crippen molar-refractivity contribution in [3.63, 3.8) is 0 Å². The molecular weight excluding hydrogens is 196 g/mol. The van der Waals surface area contributed by atoms with Crippen molar-refractivity contribution in [1.82, 2.24) is 9.97 Å². The molecule has 0 N–H and O–H groups in total. The van der Waals surface area contributed by atoms with Crippen molar-refractivity contribution in [1.29, 1.82) is 0 Å². The minimum absolute atomic E-state index is 0.807. The number of benzene rings is 1. The fraction of sp³-hybridized carbons (Fsp3) is 0.286. The molecule has 0 saturated heterocycles. The smallest absolute Gasteiger partial charge is 0.125 e. The van der Waals surface area contributed by atoms with Gasteiger partial charge in [0.2, 0.25) is 0 Å². The fourth-order valence-electron chi connectivity index (χ4n) is 1.37. The first-order valence-corrected chi connectivity index (χ1v) is 5.61. The van der Waals surface area contributed by atoms with E-state index in [0.717, 1.165) is 11.4 Å². The number of aryl methyl sites for hydroxylation is 2. The second-order valence-electron chi connectivity index (χ2n) is 3.39. The SMILES string of the molecule is CC.Cc1cccc(-c2cnc(C)nc2)c1. The van der Waals surface area contributed by atoms with E-state index in [1.54, 1.807) is 0 Å². The number of hydrogen-bond donors (Lipinski definition) is 0. The Morgan fingerprint density at radius 3 is 2.06 bits per heavy atom. The van der Waals surface area contributed by atoms with Crippen LogP contribution in [0.3, 0.4) is 0 Å².